The van der Waals surface area contributed by atoms with Gasteiger partial charge in [0.25, 0.3) is 13.4 Å². The molecule has 0 fully saturated rings. The first kappa shape index (κ1) is 49.5. The van der Waals surface area contributed by atoms with E-state index in [-0.39, 0.29) is 35.6 Å². The van der Waals surface area contributed by atoms with Crippen molar-refractivity contribution in [3.05, 3.63) is 206 Å². The molecule has 0 saturated carbocycles. The van der Waals surface area contributed by atoms with Crippen LogP contribution in [-0.2, 0) is 0 Å². The first-order valence-electron chi connectivity index (χ1n) is 28.0. The topological polar surface area (TPSA) is 19.4 Å². The lowest BCUT2D eigenvalue weighted by atomic mass is 9.30. The molecule has 9 aromatic carbocycles. The molecule has 0 spiro atoms. The van der Waals surface area contributed by atoms with Crippen LogP contribution >= 0.6 is 0 Å². The Kier molecular flexibility index (Phi) is 11.2. The molecule has 0 radical (unpaired) electrons. The zero-order valence-electron chi connectivity index (χ0n) is 47.5. The van der Waals surface area contributed by atoms with E-state index in [0.717, 1.165) is 22.7 Å². The Morgan fingerprint density at radius 3 is 0.795 bits per heavy atom. The van der Waals surface area contributed by atoms with Gasteiger partial charge in [-0.2, -0.15) is 0 Å². The third kappa shape index (κ3) is 7.76. The van der Waals surface area contributed by atoms with Crippen molar-refractivity contribution in [1.82, 2.24) is 0 Å². The smallest absolute Gasteiger partial charge is 0.252 e. The van der Waals surface area contributed by atoms with Crippen molar-refractivity contribution >= 4 is 126 Å². The van der Waals surface area contributed by atoms with Crippen molar-refractivity contribution in [2.24, 2.45) is 0 Å². The van der Waals surface area contributed by atoms with Gasteiger partial charge in [-0.1, -0.05) is 115 Å². The van der Waals surface area contributed by atoms with Gasteiger partial charge < -0.3 is 29.4 Å². The van der Waals surface area contributed by atoms with Crippen LogP contribution in [-0.4, -0.2) is 35.6 Å². The van der Waals surface area contributed by atoms with E-state index in [1.807, 2.05) is 0 Å². The Bertz CT molecular complexity index is 3510. The molecule has 78 heavy (non-hydrogen) atoms. The molecule has 386 valence electrons. The van der Waals surface area contributed by atoms with Gasteiger partial charge in [0, 0.05) is 102 Å². The summed E-state index contributed by atoms with van der Waals surface area (Å²) in [5, 5.41) is 0. The molecule has 0 saturated heterocycles. The molecule has 6 nitrogen and oxygen atoms in total. The van der Waals surface area contributed by atoms with E-state index in [2.05, 4.69) is 319 Å². The average Bonchev–Trinajstić information content (AvgIpc) is 3.39. The number of hydrogen-bond donors (Lipinski definition) is 0. The van der Waals surface area contributed by atoms with Crippen LogP contribution < -0.4 is 62.2 Å². The Labute approximate surface area is 464 Å². The van der Waals surface area contributed by atoms with Crippen molar-refractivity contribution in [1.29, 1.82) is 0 Å². The van der Waals surface area contributed by atoms with Crippen LogP contribution in [0.1, 0.15) is 83.1 Å². The summed E-state index contributed by atoms with van der Waals surface area (Å²) >= 11 is 0. The monoisotopic (exact) mass is 1020 g/mol. The Morgan fingerprint density at radius 1 is 0.256 bits per heavy atom. The summed E-state index contributed by atoms with van der Waals surface area (Å²) < 4.78 is 0. The van der Waals surface area contributed by atoms with Gasteiger partial charge in [0.2, 0.25) is 0 Å². The highest BCUT2D eigenvalue weighted by molar-refractivity contribution is 7.03. The fourth-order valence-electron chi connectivity index (χ4n) is 14.6. The van der Waals surface area contributed by atoms with E-state index in [4.69, 9.17) is 0 Å². The number of nitrogens with zero attached hydrogens (tertiary/aromatic N) is 6. The summed E-state index contributed by atoms with van der Waals surface area (Å²) in [7, 11) is 0. The van der Waals surface area contributed by atoms with Crippen LogP contribution in [0.4, 0.5) is 79.6 Å². The maximum absolute atomic E-state index is 2.64. The molecule has 0 bridgehead atoms. The molecule has 0 unspecified atom stereocenters. The van der Waals surface area contributed by atoms with Gasteiger partial charge >= 0.3 is 0 Å². The summed E-state index contributed by atoms with van der Waals surface area (Å²) in [5.41, 5.74) is 23.5. The second-order valence-electron chi connectivity index (χ2n) is 25.8. The lowest BCUT2D eigenvalue weighted by Crippen LogP contribution is -2.65. The molecular weight excluding hydrogens is 946 g/mol. The van der Waals surface area contributed by atoms with Crippen molar-refractivity contribution in [2.75, 3.05) is 29.4 Å². The quantitative estimate of drug-likeness (QED) is 0.154. The molecule has 4 heterocycles. The molecule has 0 N–H and O–H groups in total. The van der Waals surface area contributed by atoms with E-state index in [9.17, 15) is 0 Å². The third-order valence-corrected chi connectivity index (χ3v) is 16.3. The second kappa shape index (κ2) is 17.7. The van der Waals surface area contributed by atoms with Gasteiger partial charge in [-0.05, 0) is 207 Å². The fourth-order valence-corrected chi connectivity index (χ4v) is 14.6. The number of para-hydroxylation sites is 6. The number of hydrogen-bond acceptors (Lipinski definition) is 6. The van der Waals surface area contributed by atoms with E-state index >= 15 is 0 Å². The van der Waals surface area contributed by atoms with Gasteiger partial charge in [-0.25, -0.2) is 0 Å². The highest BCUT2D eigenvalue weighted by Crippen LogP contribution is 2.52. The summed E-state index contributed by atoms with van der Waals surface area (Å²) in [5.74, 6) is 0. The molecule has 0 atom stereocenters. The molecule has 0 aromatic heterocycles. The maximum atomic E-state index is 2.64. The average molecular weight is 1020 g/mol. The van der Waals surface area contributed by atoms with Crippen LogP contribution in [0.25, 0.3) is 0 Å². The normalized spacial score (nSPS) is 14.3. The summed E-state index contributed by atoms with van der Waals surface area (Å²) in [6, 6.07) is 77.9. The maximum Gasteiger partial charge on any atom is 0.252 e. The minimum absolute atomic E-state index is 0.0848. The second-order valence-corrected chi connectivity index (χ2v) is 25.8. The van der Waals surface area contributed by atoms with E-state index in [1.54, 1.807) is 0 Å². The molecule has 0 amide bonds. The number of fused-ring (bicyclic) bond motifs is 8. The van der Waals surface area contributed by atoms with E-state index in [1.165, 1.54) is 89.7 Å². The molecule has 0 aliphatic carbocycles. The number of anilines is 14. The molecule has 9 aromatic rings. The van der Waals surface area contributed by atoms with Crippen LogP contribution in [0.5, 0.6) is 0 Å². The van der Waals surface area contributed by atoms with Crippen LogP contribution in [0.15, 0.2) is 206 Å². The first-order valence-corrected chi connectivity index (χ1v) is 28.0. The molecule has 8 heteroatoms. The van der Waals surface area contributed by atoms with Crippen LogP contribution in [0.3, 0.4) is 0 Å². The molecular formula is C70H70B2N6. The Hall–Kier alpha value is -8.09. The third-order valence-electron chi connectivity index (χ3n) is 16.3. The van der Waals surface area contributed by atoms with Crippen LogP contribution in [0, 0.1) is 0 Å². The minimum atomic E-state index is -0.199. The van der Waals surface area contributed by atoms with Crippen LogP contribution in [0.2, 0.25) is 0 Å². The number of rotatable bonds is 6. The summed E-state index contributed by atoms with van der Waals surface area (Å²) in [6.45, 7) is 28.0. The minimum Gasteiger partial charge on any atom is -0.362 e. The van der Waals surface area contributed by atoms with Crippen molar-refractivity contribution in [2.45, 2.75) is 105 Å². The summed E-state index contributed by atoms with van der Waals surface area (Å²) in [4.78, 5) is 15.5. The SMILES string of the molecule is CC(C)(C)N(c1cc2c3c(c1)N(c1ccccc1)c1cc4c(cc1B3c1ccccc1N2c1ccccc1)B1c2ccccc2N(c2ccccc2)c2cc(N(C(C)(C)C)C(C)(C)C)cc(c21)N4c1ccccc1)C(C)(C)C. The van der Waals surface area contributed by atoms with Crippen molar-refractivity contribution in [3.8, 4) is 0 Å². The predicted octanol–water partition coefficient (Wildman–Crippen LogP) is 14.7. The lowest BCUT2D eigenvalue weighted by Gasteiger charge is -2.51. The van der Waals surface area contributed by atoms with Gasteiger partial charge in [-0.15, -0.1) is 0 Å². The molecule has 13 rings (SSSR count). The zero-order valence-corrected chi connectivity index (χ0v) is 47.5. The highest BCUT2D eigenvalue weighted by atomic mass is 15.3. The Morgan fingerprint density at radius 2 is 0.513 bits per heavy atom. The highest BCUT2D eigenvalue weighted by Gasteiger charge is 2.49. The van der Waals surface area contributed by atoms with Gasteiger partial charge in [0.15, 0.2) is 0 Å². The largest absolute Gasteiger partial charge is 0.362 e. The van der Waals surface area contributed by atoms with Gasteiger partial charge in [-0.3, -0.25) is 0 Å². The van der Waals surface area contributed by atoms with Gasteiger partial charge in [0.1, 0.15) is 0 Å². The zero-order chi connectivity index (χ0) is 54.2. The standard InChI is InChI=1S/C70H70B2N6/c1-67(2,3)77(68(4,5)6)51-41-61-65-63(43-51)75(49-33-21-15-22-34-49)59-46-60-56(45-55(59)71(65)53-37-25-27-39-57(53)73(61)47-29-17-13-18-30-47)72-54-38-26-28-40-58(54)74(48-31-19-14-20-32-48)62-42-52(78(69(7,8)9)70(10,11)12)44-64(66(62)72)76(60)50-35-23-16-24-36-50/h13-46H,1-12H3. The van der Waals surface area contributed by atoms with Gasteiger partial charge in [0.05, 0.1) is 0 Å². The van der Waals surface area contributed by atoms with E-state index < -0.39 is 0 Å². The predicted molar refractivity (Wildman–Crippen MR) is 338 cm³/mol. The lowest BCUT2D eigenvalue weighted by molar-refractivity contribution is 0.380. The summed E-state index contributed by atoms with van der Waals surface area (Å²) in [6.07, 6.45) is 0. The van der Waals surface area contributed by atoms with Crippen molar-refractivity contribution in [3.63, 3.8) is 0 Å². The Balaban J connectivity index is 1.18. The van der Waals surface area contributed by atoms with Crippen molar-refractivity contribution < 1.29 is 0 Å². The number of benzene rings is 9. The van der Waals surface area contributed by atoms with E-state index in [0.29, 0.717) is 0 Å². The fraction of sp³-hybridized carbons (Fsp3) is 0.229. The first-order chi connectivity index (χ1) is 37.3. The molecule has 4 aliphatic heterocycles. The molecule has 4 aliphatic rings.